The highest BCUT2D eigenvalue weighted by Crippen LogP contribution is 2.37. The Hall–Kier alpha value is -3.08. The Labute approximate surface area is 171 Å². The van der Waals surface area contributed by atoms with Crippen molar-refractivity contribution < 1.29 is 22.7 Å². The molecule has 1 aliphatic rings. The zero-order chi connectivity index (χ0) is 21.9. The van der Waals surface area contributed by atoms with E-state index in [0.717, 1.165) is 24.6 Å². The van der Waals surface area contributed by atoms with E-state index >= 15 is 0 Å². The highest BCUT2D eigenvalue weighted by Gasteiger charge is 2.37. The van der Waals surface area contributed by atoms with Crippen LogP contribution in [0.1, 0.15) is 24.0 Å². The summed E-state index contributed by atoms with van der Waals surface area (Å²) in [7, 11) is 2.96. The van der Waals surface area contributed by atoms with Crippen LogP contribution in [0.15, 0.2) is 24.4 Å². The second kappa shape index (κ2) is 8.74. The van der Waals surface area contributed by atoms with Crippen LogP contribution >= 0.6 is 0 Å². The lowest BCUT2D eigenvalue weighted by Gasteiger charge is -2.16. The van der Waals surface area contributed by atoms with Crippen LogP contribution in [-0.2, 0) is 17.4 Å². The molecule has 0 saturated heterocycles. The number of nitrogens with zero attached hydrogens (tertiary/aromatic N) is 2. The van der Waals surface area contributed by atoms with Crippen LogP contribution in [0.3, 0.4) is 0 Å². The van der Waals surface area contributed by atoms with E-state index in [4.69, 9.17) is 10.5 Å². The third-order valence-corrected chi connectivity index (χ3v) is 4.56. The van der Waals surface area contributed by atoms with Crippen LogP contribution in [0, 0.1) is 0 Å². The summed E-state index contributed by atoms with van der Waals surface area (Å²) in [6.07, 6.45) is -1.90. The van der Waals surface area contributed by atoms with E-state index in [-0.39, 0.29) is 23.7 Å². The van der Waals surface area contributed by atoms with Gasteiger partial charge >= 0.3 is 6.18 Å². The van der Waals surface area contributed by atoms with Crippen LogP contribution in [0.4, 0.5) is 30.6 Å². The number of aromatic nitrogens is 2. The molecule has 162 valence electrons. The van der Waals surface area contributed by atoms with Gasteiger partial charge < -0.3 is 26.4 Å². The van der Waals surface area contributed by atoms with E-state index in [1.165, 1.54) is 14.2 Å². The number of benzene rings is 1. The maximum absolute atomic E-state index is 13.2. The van der Waals surface area contributed by atoms with Crippen molar-refractivity contribution in [2.45, 2.75) is 37.5 Å². The minimum Gasteiger partial charge on any atom is -0.495 e. The average Bonchev–Trinajstić information content (AvgIpc) is 3.51. The van der Waals surface area contributed by atoms with Gasteiger partial charge in [0.05, 0.1) is 18.8 Å². The number of rotatable bonds is 8. The van der Waals surface area contributed by atoms with Crippen molar-refractivity contribution in [2.75, 3.05) is 24.8 Å². The number of hydrogen-bond donors (Lipinski definition) is 4. The average molecular weight is 424 g/mol. The zero-order valence-corrected chi connectivity index (χ0v) is 16.5. The predicted octanol–water partition coefficient (Wildman–Crippen LogP) is 2.44. The molecule has 0 radical (unpaired) electrons. The number of carbonyl (C=O) groups is 1. The van der Waals surface area contributed by atoms with Crippen molar-refractivity contribution in [1.82, 2.24) is 15.3 Å². The van der Waals surface area contributed by atoms with Crippen molar-refractivity contribution in [1.29, 1.82) is 0 Å². The molecule has 0 aliphatic heterocycles. The predicted molar refractivity (Wildman–Crippen MR) is 106 cm³/mol. The number of carbonyl (C=O) groups excluding carboxylic acids is 1. The van der Waals surface area contributed by atoms with Gasteiger partial charge in [0.25, 0.3) is 0 Å². The van der Waals surface area contributed by atoms with Gasteiger partial charge in [-0.25, -0.2) is 4.98 Å². The number of anilines is 3. The number of nitrogens with two attached hydrogens (primary N) is 1. The molecule has 5 N–H and O–H groups in total. The van der Waals surface area contributed by atoms with Crippen molar-refractivity contribution in [3.05, 3.63) is 35.5 Å². The van der Waals surface area contributed by atoms with Crippen molar-refractivity contribution in [3.8, 4) is 5.75 Å². The molecule has 1 saturated carbocycles. The normalized spacial score (nSPS) is 14.7. The van der Waals surface area contributed by atoms with Crippen molar-refractivity contribution in [2.24, 2.45) is 5.73 Å². The Balaban J connectivity index is 1.82. The summed E-state index contributed by atoms with van der Waals surface area (Å²) in [6, 6.07) is 4.37. The number of amides is 1. The molecule has 3 rings (SSSR count). The Kier molecular flexibility index (Phi) is 6.30. The number of halogens is 3. The van der Waals surface area contributed by atoms with Crippen LogP contribution in [0.25, 0.3) is 0 Å². The van der Waals surface area contributed by atoms with Gasteiger partial charge in [0.15, 0.2) is 0 Å². The number of nitrogens with one attached hydrogen (secondary N) is 3. The summed E-state index contributed by atoms with van der Waals surface area (Å²) in [5.74, 6) is -0.129. The minimum atomic E-state index is -4.56. The second-order valence-corrected chi connectivity index (χ2v) is 6.96. The molecule has 1 amide bonds. The summed E-state index contributed by atoms with van der Waals surface area (Å²) >= 11 is 0. The summed E-state index contributed by atoms with van der Waals surface area (Å²) in [4.78, 5) is 19.4. The van der Waals surface area contributed by atoms with Gasteiger partial charge in [-0.05, 0) is 37.0 Å². The molecule has 8 nitrogen and oxygen atoms in total. The van der Waals surface area contributed by atoms with Crippen molar-refractivity contribution >= 4 is 23.4 Å². The fraction of sp³-hybridized carbons (Fsp3) is 0.421. The minimum absolute atomic E-state index is 0.000683. The molecule has 1 aromatic heterocycles. The van der Waals surface area contributed by atoms with Gasteiger partial charge in [-0.15, -0.1) is 0 Å². The molecule has 1 fully saturated rings. The van der Waals surface area contributed by atoms with Gasteiger partial charge in [-0.3, -0.25) is 4.79 Å². The molecule has 11 heteroatoms. The maximum atomic E-state index is 13.2. The van der Waals surface area contributed by atoms with E-state index in [1.807, 2.05) is 0 Å². The molecule has 1 atom stereocenters. The lowest BCUT2D eigenvalue weighted by Crippen LogP contribution is -2.40. The Bertz CT molecular complexity index is 918. The summed E-state index contributed by atoms with van der Waals surface area (Å²) in [5, 5.41) is 8.17. The standard InChI is InChI=1S/C19H23F3N6O2/c1-24-17(29)13(23)7-10-3-6-14(15(8-10)30-2)27-18-25-9-12(19(20,21)22)16(28-18)26-11-4-5-11/h3,6,8-9,11,13H,4-5,7,23H2,1-2H3,(H,24,29)(H2,25,26,27,28). The molecular weight excluding hydrogens is 401 g/mol. The van der Waals surface area contributed by atoms with Crippen LogP contribution in [-0.4, -0.2) is 42.1 Å². The number of alkyl halides is 3. The maximum Gasteiger partial charge on any atom is 0.421 e. The van der Waals surface area contributed by atoms with Crippen molar-refractivity contribution in [3.63, 3.8) is 0 Å². The highest BCUT2D eigenvalue weighted by molar-refractivity contribution is 5.81. The highest BCUT2D eigenvalue weighted by atomic mass is 19.4. The molecule has 0 bridgehead atoms. The fourth-order valence-corrected chi connectivity index (χ4v) is 2.80. The molecule has 2 aromatic rings. The van der Waals surface area contributed by atoms with E-state index in [2.05, 4.69) is 25.9 Å². The van der Waals surface area contributed by atoms with Gasteiger partial charge in [0, 0.05) is 19.3 Å². The van der Waals surface area contributed by atoms with E-state index < -0.39 is 17.8 Å². The topological polar surface area (TPSA) is 114 Å². The third-order valence-electron chi connectivity index (χ3n) is 4.56. The van der Waals surface area contributed by atoms with Crippen LogP contribution < -0.4 is 26.4 Å². The molecule has 1 heterocycles. The largest absolute Gasteiger partial charge is 0.495 e. The smallest absolute Gasteiger partial charge is 0.421 e. The molecular formula is C19H23F3N6O2. The summed E-state index contributed by atoms with van der Waals surface area (Å²) in [6.45, 7) is 0. The first kappa shape index (κ1) is 21.6. The van der Waals surface area contributed by atoms with E-state index in [1.54, 1.807) is 18.2 Å². The quantitative estimate of drug-likeness (QED) is 0.515. The number of ether oxygens (including phenoxy) is 1. The summed E-state index contributed by atoms with van der Waals surface area (Å²) < 4.78 is 45.0. The van der Waals surface area contributed by atoms with E-state index in [9.17, 15) is 18.0 Å². The molecule has 1 aromatic carbocycles. The Morgan fingerprint density at radius 2 is 2.10 bits per heavy atom. The van der Waals surface area contributed by atoms with Gasteiger partial charge in [-0.2, -0.15) is 18.2 Å². The van der Waals surface area contributed by atoms with Gasteiger partial charge in [-0.1, -0.05) is 6.07 Å². The first-order chi connectivity index (χ1) is 14.2. The first-order valence-electron chi connectivity index (χ1n) is 9.33. The lowest BCUT2D eigenvalue weighted by atomic mass is 10.0. The molecule has 0 spiro atoms. The number of likely N-dealkylation sites (N-methyl/N-ethyl adjacent to an activating group) is 1. The Morgan fingerprint density at radius 1 is 1.37 bits per heavy atom. The first-order valence-corrected chi connectivity index (χ1v) is 9.33. The van der Waals surface area contributed by atoms with Gasteiger partial charge in [0.2, 0.25) is 11.9 Å². The molecule has 1 aliphatic carbocycles. The monoisotopic (exact) mass is 424 g/mol. The van der Waals surface area contributed by atoms with Gasteiger partial charge in [0.1, 0.15) is 17.1 Å². The van der Waals surface area contributed by atoms with Crippen LogP contribution in [0.2, 0.25) is 0 Å². The SMILES string of the molecule is CNC(=O)C(N)Cc1ccc(Nc2ncc(C(F)(F)F)c(NC3CC3)n2)c(OC)c1. The summed E-state index contributed by atoms with van der Waals surface area (Å²) in [5.41, 5.74) is 6.15. The number of hydrogen-bond acceptors (Lipinski definition) is 7. The van der Waals surface area contributed by atoms with E-state index in [0.29, 0.717) is 17.9 Å². The van der Waals surface area contributed by atoms with Crippen LogP contribution in [0.5, 0.6) is 5.75 Å². The lowest BCUT2D eigenvalue weighted by molar-refractivity contribution is -0.137. The zero-order valence-electron chi connectivity index (χ0n) is 16.5. The fourth-order valence-electron chi connectivity index (χ4n) is 2.80. The molecule has 30 heavy (non-hydrogen) atoms. The third kappa shape index (κ3) is 5.29. The second-order valence-electron chi connectivity index (χ2n) is 6.96. The number of methoxy groups -OCH3 is 1. The molecule has 1 unspecified atom stereocenters. The Morgan fingerprint density at radius 3 is 2.70 bits per heavy atom.